The summed E-state index contributed by atoms with van der Waals surface area (Å²) in [5.41, 5.74) is 7.04. The van der Waals surface area contributed by atoms with Gasteiger partial charge in [0.05, 0.1) is 21.2 Å². The molecule has 32 heavy (non-hydrogen) atoms. The van der Waals surface area contributed by atoms with Crippen LogP contribution in [-0.4, -0.2) is 19.8 Å². The Balaban J connectivity index is 1.55. The van der Waals surface area contributed by atoms with Gasteiger partial charge in [0.1, 0.15) is 18.2 Å². The van der Waals surface area contributed by atoms with Gasteiger partial charge >= 0.3 is 0 Å². The van der Waals surface area contributed by atoms with Crippen molar-refractivity contribution in [3.05, 3.63) is 93.3 Å². The number of anilines is 2. The summed E-state index contributed by atoms with van der Waals surface area (Å²) < 4.78 is 0. The maximum atomic E-state index is 10.7. The fourth-order valence-corrected chi connectivity index (χ4v) is 2.83. The van der Waals surface area contributed by atoms with Gasteiger partial charge in [-0.1, -0.05) is 24.3 Å². The average Bonchev–Trinajstić information content (AvgIpc) is 2.82. The zero-order valence-corrected chi connectivity index (χ0v) is 16.2. The molecule has 12 heteroatoms. The van der Waals surface area contributed by atoms with E-state index in [1.807, 2.05) is 24.3 Å². The van der Waals surface area contributed by atoms with Gasteiger partial charge in [-0.15, -0.1) is 10.2 Å². The second-order valence-corrected chi connectivity index (χ2v) is 6.42. The Morgan fingerprint density at radius 3 is 2.03 bits per heavy atom. The van der Waals surface area contributed by atoms with Gasteiger partial charge in [0.2, 0.25) is 0 Å². The molecule has 0 bridgehead atoms. The number of hydrogen-bond acceptors (Lipinski definition) is 10. The molecule has 0 saturated heterocycles. The predicted octanol–water partition coefficient (Wildman–Crippen LogP) is 5.30. The third-order valence-corrected chi connectivity index (χ3v) is 4.39. The second kappa shape index (κ2) is 8.79. The van der Waals surface area contributed by atoms with Gasteiger partial charge in [-0.2, -0.15) is 0 Å². The standard InChI is InChI=1S/C20H14N8O4/c29-27(30)13-5-9-19(21-11-13)25-23-17-7-8-18(16-4-2-1-3-15(16)17)24-26-20-10-6-14(12-22-20)28(31)32/h1-12,23H,(H,21,25). The Morgan fingerprint density at radius 2 is 1.41 bits per heavy atom. The molecule has 0 aliphatic carbocycles. The van der Waals surface area contributed by atoms with Crippen molar-refractivity contribution in [1.29, 1.82) is 0 Å². The van der Waals surface area contributed by atoms with E-state index in [2.05, 4.69) is 31.0 Å². The highest BCUT2D eigenvalue weighted by Crippen LogP contribution is 2.32. The Kier molecular flexibility index (Phi) is 5.57. The van der Waals surface area contributed by atoms with Crippen LogP contribution >= 0.6 is 0 Å². The van der Waals surface area contributed by atoms with Crippen LogP contribution < -0.4 is 10.9 Å². The third kappa shape index (κ3) is 4.43. The number of hydrazine groups is 1. The highest BCUT2D eigenvalue weighted by atomic mass is 16.6. The molecule has 12 nitrogen and oxygen atoms in total. The van der Waals surface area contributed by atoms with Crippen LogP contribution in [0.15, 0.2) is 83.3 Å². The van der Waals surface area contributed by atoms with E-state index in [9.17, 15) is 20.2 Å². The maximum absolute atomic E-state index is 10.7. The van der Waals surface area contributed by atoms with Gasteiger partial charge in [-0.25, -0.2) is 9.97 Å². The van der Waals surface area contributed by atoms with Crippen molar-refractivity contribution in [3.8, 4) is 0 Å². The molecule has 2 N–H and O–H groups in total. The van der Waals surface area contributed by atoms with E-state index in [4.69, 9.17) is 0 Å². The molecule has 0 aliphatic heterocycles. The van der Waals surface area contributed by atoms with E-state index < -0.39 is 9.85 Å². The minimum absolute atomic E-state index is 0.0989. The number of nitro groups is 2. The molecule has 2 heterocycles. The van der Waals surface area contributed by atoms with Gasteiger partial charge in [0.25, 0.3) is 11.4 Å². The Labute approximate surface area is 179 Å². The summed E-state index contributed by atoms with van der Waals surface area (Å²) in [6.45, 7) is 0. The Hall–Kier alpha value is -5.00. The Morgan fingerprint density at radius 1 is 0.719 bits per heavy atom. The number of fused-ring (bicyclic) bond motifs is 1. The molecule has 0 saturated carbocycles. The molecule has 2 aromatic heterocycles. The van der Waals surface area contributed by atoms with Crippen molar-refractivity contribution >= 4 is 45.2 Å². The first-order valence-electron chi connectivity index (χ1n) is 9.18. The Bertz CT molecular complexity index is 1320. The minimum atomic E-state index is -0.534. The van der Waals surface area contributed by atoms with Gasteiger partial charge < -0.3 is 0 Å². The van der Waals surface area contributed by atoms with Gasteiger partial charge in [0.15, 0.2) is 5.82 Å². The fraction of sp³-hybridized carbons (Fsp3) is 0. The summed E-state index contributed by atoms with van der Waals surface area (Å²) in [4.78, 5) is 28.3. The molecule has 0 radical (unpaired) electrons. The molecule has 0 spiro atoms. The summed E-state index contributed by atoms with van der Waals surface area (Å²) in [5.74, 6) is 0.653. The molecule has 0 amide bonds. The molecule has 4 aromatic rings. The van der Waals surface area contributed by atoms with Gasteiger partial charge in [-0.05, 0) is 24.3 Å². The van der Waals surface area contributed by atoms with Crippen LogP contribution in [-0.2, 0) is 0 Å². The minimum Gasteiger partial charge on any atom is -0.299 e. The molecule has 158 valence electrons. The quantitative estimate of drug-likeness (QED) is 0.227. The number of azo groups is 1. The topological polar surface area (TPSA) is 161 Å². The van der Waals surface area contributed by atoms with E-state index in [1.165, 1.54) is 24.3 Å². The zero-order chi connectivity index (χ0) is 22.5. The third-order valence-electron chi connectivity index (χ3n) is 4.39. The van der Waals surface area contributed by atoms with Crippen LogP contribution in [0, 0.1) is 20.2 Å². The van der Waals surface area contributed by atoms with Crippen molar-refractivity contribution < 1.29 is 9.85 Å². The smallest absolute Gasteiger partial charge is 0.287 e. The molecule has 0 atom stereocenters. The highest BCUT2D eigenvalue weighted by Gasteiger charge is 2.08. The number of benzene rings is 2. The number of pyridine rings is 2. The predicted molar refractivity (Wildman–Crippen MR) is 117 cm³/mol. The number of nitrogens with zero attached hydrogens (tertiary/aromatic N) is 6. The van der Waals surface area contributed by atoms with Crippen LogP contribution in [0.5, 0.6) is 0 Å². The summed E-state index contributed by atoms with van der Waals surface area (Å²) in [6, 6.07) is 16.6. The molecule has 0 fully saturated rings. The summed E-state index contributed by atoms with van der Waals surface area (Å²) in [7, 11) is 0. The molecule has 2 aromatic carbocycles. The van der Waals surface area contributed by atoms with Crippen LogP contribution in [0.4, 0.5) is 34.4 Å². The summed E-state index contributed by atoms with van der Waals surface area (Å²) >= 11 is 0. The number of rotatable bonds is 7. The normalized spacial score (nSPS) is 10.9. The van der Waals surface area contributed by atoms with Gasteiger partial charge in [-0.3, -0.25) is 31.1 Å². The maximum Gasteiger partial charge on any atom is 0.287 e. The number of hydrogen-bond donors (Lipinski definition) is 2. The molecular formula is C20H14N8O4. The second-order valence-electron chi connectivity index (χ2n) is 6.42. The van der Waals surface area contributed by atoms with E-state index >= 15 is 0 Å². The van der Waals surface area contributed by atoms with Crippen molar-refractivity contribution in [2.24, 2.45) is 10.2 Å². The van der Waals surface area contributed by atoms with Crippen LogP contribution in [0.3, 0.4) is 0 Å². The SMILES string of the molecule is O=[N+]([O-])c1ccc(N=Nc2ccc(NNc3ccc([N+](=O)[O-])cn3)c3ccccc23)nc1. The van der Waals surface area contributed by atoms with Crippen molar-refractivity contribution in [3.63, 3.8) is 0 Å². The molecule has 0 unspecified atom stereocenters. The lowest BCUT2D eigenvalue weighted by Crippen LogP contribution is -2.10. The molecular weight excluding hydrogens is 416 g/mol. The zero-order valence-electron chi connectivity index (χ0n) is 16.2. The fourth-order valence-electron chi connectivity index (χ4n) is 2.83. The molecule has 4 rings (SSSR count). The summed E-state index contributed by atoms with van der Waals surface area (Å²) in [6.07, 6.45) is 2.29. The molecule has 0 aliphatic rings. The van der Waals surface area contributed by atoms with E-state index in [-0.39, 0.29) is 17.2 Å². The number of aromatic nitrogens is 2. The van der Waals surface area contributed by atoms with Crippen molar-refractivity contribution in [2.45, 2.75) is 0 Å². The lowest BCUT2D eigenvalue weighted by Gasteiger charge is -2.12. The van der Waals surface area contributed by atoms with E-state index in [1.54, 1.807) is 12.1 Å². The van der Waals surface area contributed by atoms with E-state index in [0.29, 0.717) is 11.5 Å². The van der Waals surface area contributed by atoms with Crippen molar-refractivity contribution in [2.75, 3.05) is 10.9 Å². The first-order chi connectivity index (χ1) is 15.5. The first-order valence-corrected chi connectivity index (χ1v) is 9.18. The van der Waals surface area contributed by atoms with Crippen LogP contribution in [0.25, 0.3) is 10.8 Å². The average molecular weight is 430 g/mol. The lowest BCUT2D eigenvalue weighted by atomic mass is 10.1. The largest absolute Gasteiger partial charge is 0.299 e. The van der Waals surface area contributed by atoms with Crippen LogP contribution in [0.2, 0.25) is 0 Å². The lowest BCUT2D eigenvalue weighted by molar-refractivity contribution is -0.385. The highest BCUT2D eigenvalue weighted by molar-refractivity contribution is 6.01. The number of nitrogens with one attached hydrogen (secondary N) is 2. The van der Waals surface area contributed by atoms with Crippen molar-refractivity contribution in [1.82, 2.24) is 9.97 Å². The van der Waals surface area contributed by atoms with Crippen LogP contribution in [0.1, 0.15) is 0 Å². The summed E-state index contributed by atoms with van der Waals surface area (Å²) in [5, 5.41) is 31.4. The van der Waals surface area contributed by atoms with Gasteiger partial charge in [0, 0.05) is 22.9 Å². The monoisotopic (exact) mass is 430 g/mol. The first kappa shape index (κ1) is 20.3. The van der Waals surface area contributed by atoms with E-state index in [0.717, 1.165) is 28.9 Å².